The summed E-state index contributed by atoms with van der Waals surface area (Å²) in [5.74, 6) is -0.119. The Morgan fingerprint density at radius 3 is 2.11 bits per heavy atom. The van der Waals surface area contributed by atoms with Crippen LogP contribution in [0.4, 0.5) is 5.69 Å². The number of nitrogens with zero attached hydrogens (tertiary/aromatic N) is 1. The number of benzene rings is 2. The number of para-hydroxylation sites is 1. The maximum absolute atomic E-state index is 13.3. The summed E-state index contributed by atoms with van der Waals surface area (Å²) >= 11 is 0. The van der Waals surface area contributed by atoms with Crippen LogP contribution < -0.4 is 4.72 Å². The molecular weight excluding hydrogens is 372 g/mol. The molecular formula is C22H28N2O3S. The molecule has 2 aromatic rings. The normalized spacial score (nSPS) is 14.8. The lowest BCUT2D eigenvalue weighted by molar-refractivity contribution is 0.0725. The summed E-state index contributed by atoms with van der Waals surface area (Å²) in [6, 6.07) is 8.85. The zero-order chi connectivity index (χ0) is 20.5. The van der Waals surface area contributed by atoms with Gasteiger partial charge >= 0.3 is 0 Å². The van der Waals surface area contributed by atoms with Crippen molar-refractivity contribution in [2.75, 3.05) is 17.8 Å². The highest BCUT2D eigenvalue weighted by Crippen LogP contribution is 2.29. The number of hydrogen-bond donors (Lipinski definition) is 1. The molecule has 0 bridgehead atoms. The number of likely N-dealkylation sites (tertiary alicyclic amines) is 1. The van der Waals surface area contributed by atoms with E-state index < -0.39 is 10.0 Å². The first kappa shape index (κ1) is 20.4. The Hall–Kier alpha value is -2.34. The fourth-order valence-electron chi connectivity index (χ4n) is 3.81. The molecule has 1 amide bonds. The molecule has 1 saturated heterocycles. The number of nitrogens with one attached hydrogen (secondary N) is 1. The molecule has 5 nitrogen and oxygen atoms in total. The predicted molar refractivity (Wildman–Crippen MR) is 112 cm³/mol. The Morgan fingerprint density at radius 2 is 1.50 bits per heavy atom. The van der Waals surface area contributed by atoms with Gasteiger partial charge in [-0.05, 0) is 81.3 Å². The Bertz CT molecular complexity index is 980. The highest BCUT2D eigenvalue weighted by molar-refractivity contribution is 7.92. The molecule has 1 N–H and O–H groups in total. The van der Waals surface area contributed by atoms with Crippen LogP contribution in [0.5, 0.6) is 0 Å². The summed E-state index contributed by atoms with van der Waals surface area (Å²) in [6.45, 7) is 8.90. The zero-order valence-electron chi connectivity index (χ0n) is 17.0. The molecule has 0 spiro atoms. The molecule has 28 heavy (non-hydrogen) atoms. The maximum atomic E-state index is 13.3. The number of aryl methyl sites for hydroxylation is 2. The third-order valence-electron chi connectivity index (χ3n) is 5.61. The van der Waals surface area contributed by atoms with Crippen molar-refractivity contribution in [3.8, 4) is 0 Å². The van der Waals surface area contributed by atoms with Crippen molar-refractivity contribution in [3.63, 3.8) is 0 Å². The third-order valence-corrected chi connectivity index (χ3v) is 7.25. The van der Waals surface area contributed by atoms with Gasteiger partial charge in [0.15, 0.2) is 0 Å². The SMILES string of the molecule is Cc1cc(C)c(C)c(S(=O)(=O)Nc2ccccc2C(=O)N2CCCCC2)c1C. The topological polar surface area (TPSA) is 66.5 Å². The summed E-state index contributed by atoms with van der Waals surface area (Å²) in [5, 5.41) is 0. The van der Waals surface area contributed by atoms with E-state index in [0.29, 0.717) is 16.1 Å². The van der Waals surface area contributed by atoms with Gasteiger partial charge in [0.2, 0.25) is 0 Å². The number of carbonyl (C=O) groups is 1. The summed E-state index contributed by atoms with van der Waals surface area (Å²) in [4.78, 5) is 15.1. The lowest BCUT2D eigenvalue weighted by Gasteiger charge is -2.27. The van der Waals surface area contributed by atoms with E-state index in [4.69, 9.17) is 0 Å². The molecule has 0 unspecified atom stereocenters. The summed E-state index contributed by atoms with van der Waals surface area (Å²) < 4.78 is 29.2. The lowest BCUT2D eigenvalue weighted by Crippen LogP contribution is -2.36. The van der Waals surface area contributed by atoms with Gasteiger partial charge in [-0.1, -0.05) is 18.2 Å². The Morgan fingerprint density at radius 1 is 0.929 bits per heavy atom. The van der Waals surface area contributed by atoms with E-state index in [9.17, 15) is 13.2 Å². The van der Waals surface area contributed by atoms with Crippen LogP contribution >= 0.6 is 0 Å². The van der Waals surface area contributed by atoms with Crippen LogP contribution in [0.15, 0.2) is 35.2 Å². The van der Waals surface area contributed by atoms with Gasteiger partial charge < -0.3 is 4.90 Å². The van der Waals surface area contributed by atoms with Crippen molar-refractivity contribution in [1.82, 2.24) is 4.90 Å². The van der Waals surface area contributed by atoms with Crippen molar-refractivity contribution in [3.05, 3.63) is 58.1 Å². The van der Waals surface area contributed by atoms with E-state index >= 15 is 0 Å². The number of hydrogen-bond acceptors (Lipinski definition) is 3. The first-order chi connectivity index (χ1) is 13.2. The minimum Gasteiger partial charge on any atom is -0.339 e. The quantitative estimate of drug-likeness (QED) is 0.830. The van der Waals surface area contributed by atoms with Crippen molar-refractivity contribution in [1.29, 1.82) is 0 Å². The van der Waals surface area contributed by atoms with Crippen LogP contribution in [0.3, 0.4) is 0 Å². The van der Waals surface area contributed by atoms with E-state index in [2.05, 4.69) is 4.72 Å². The minimum atomic E-state index is -3.83. The second kappa shape index (κ2) is 7.95. The Balaban J connectivity index is 2.00. The summed E-state index contributed by atoms with van der Waals surface area (Å²) in [7, 11) is -3.83. The van der Waals surface area contributed by atoms with Crippen LogP contribution in [-0.2, 0) is 10.0 Å². The second-order valence-electron chi connectivity index (χ2n) is 7.59. The molecule has 1 aliphatic heterocycles. The molecule has 3 rings (SSSR count). The van der Waals surface area contributed by atoms with E-state index in [0.717, 1.165) is 54.6 Å². The first-order valence-corrected chi connectivity index (χ1v) is 11.2. The number of piperidine rings is 1. The van der Waals surface area contributed by atoms with Gasteiger partial charge in [-0.25, -0.2) is 8.42 Å². The average molecular weight is 401 g/mol. The molecule has 1 heterocycles. The molecule has 0 saturated carbocycles. The molecule has 0 aromatic heterocycles. The van der Waals surface area contributed by atoms with Crippen molar-refractivity contribution < 1.29 is 13.2 Å². The van der Waals surface area contributed by atoms with Crippen LogP contribution in [0, 0.1) is 27.7 Å². The molecule has 0 aliphatic carbocycles. The summed E-state index contributed by atoms with van der Waals surface area (Å²) in [5.41, 5.74) is 4.05. The standard InChI is InChI=1S/C22H28N2O3S/c1-15-14-16(2)18(4)21(17(15)3)28(26,27)23-20-11-7-6-10-19(20)22(25)24-12-8-5-9-13-24/h6-7,10-11,14,23H,5,8-9,12-13H2,1-4H3. The zero-order valence-corrected chi connectivity index (χ0v) is 17.8. The molecule has 1 aliphatic rings. The Labute approximate surface area is 167 Å². The summed E-state index contributed by atoms with van der Waals surface area (Å²) in [6.07, 6.45) is 3.10. The number of carbonyl (C=O) groups excluding carboxylic acids is 1. The highest BCUT2D eigenvalue weighted by Gasteiger charge is 2.26. The average Bonchev–Trinajstić information content (AvgIpc) is 2.67. The number of anilines is 1. The van der Waals surface area contributed by atoms with E-state index in [-0.39, 0.29) is 5.91 Å². The Kier molecular flexibility index (Phi) is 5.79. The largest absolute Gasteiger partial charge is 0.339 e. The van der Waals surface area contributed by atoms with E-state index in [1.165, 1.54) is 0 Å². The van der Waals surface area contributed by atoms with Crippen LogP contribution in [0.1, 0.15) is 51.9 Å². The molecule has 1 fully saturated rings. The molecule has 0 atom stereocenters. The van der Waals surface area contributed by atoms with Gasteiger partial charge in [0.05, 0.1) is 16.1 Å². The van der Waals surface area contributed by atoms with Gasteiger partial charge in [0, 0.05) is 13.1 Å². The number of rotatable bonds is 4. The van der Waals surface area contributed by atoms with Crippen LogP contribution in [-0.4, -0.2) is 32.3 Å². The predicted octanol–water partition coefficient (Wildman–Crippen LogP) is 4.35. The van der Waals surface area contributed by atoms with Gasteiger partial charge in [0.25, 0.3) is 15.9 Å². The van der Waals surface area contributed by atoms with Crippen molar-refractivity contribution in [2.24, 2.45) is 0 Å². The monoisotopic (exact) mass is 400 g/mol. The van der Waals surface area contributed by atoms with Crippen molar-refractivity contribution in [2.45, 2.75) is 51.9 Å². The number of amides is 1. The second-order valence-corrected chi connectivity index (χ2v) is 9.21. The smallest absolute Gasteiger partial charge is 0.262 e. The lowest BCUT2D eigenvalue weighted by atomic mass is 10.0. The molecule has 2 aromatic carbocycles. The van der Waals surface area contributed by atoms with Gasteiger partial charge in [-0.15, -0.1) is 0 Å². The minimum absolute atomic E-state index is 0.119. The van der Waals surface area contributed by atoms with Crippen LogP contribution in [0.25, 0.3) is 0 Å². The van der Waals surface area contributed by atoms with E-state index in [1.807, 2.05) is 38.7 Å². The molecule has 150 valence electrons. The van der Waals surface area contributed by atoms with Crippen LogP contribution in [0.2, 0.25) is 0 Å². The van der Waals surface area contributed by atoms with E-state index in [1.54, 1.807) is 24.3 Å². The van der Waals surface area contributed by atoms with Gasteiger partial charge in [-0.3, -0.25) is 9.52 Å². The fourth-order valence-corrected chi connectivity index (χ4v) is 5.50. The first-order valence-electron chi connectivity index (χ1n) is 9.71. The molecule has 0 radical (unpaired) electrons. The third kappa shape index (κ3) is 3.92. The van der Waals surface area contributed by atoms with Gasteiger partial charge in [-0.2, -0.15) is 0 Å². The fraction of sp³-hybridized carbons (Fsp3) is 0.409. The maximum Gasteiger partial charge on any atom is 0.262 e. The highest BCUT2D eigenvalue weighted by atomic mass is 32.2. The number of sulfonamides is 1. The molecule has 6 heteroatoms. The van der Waals surface area contributed by atoms with Crippen molar-refractivity contribution >= 4 is 21.6 Å². The van der Waals surface area contributed by atoms with Gasteiger partial charge in [0.1, 0.15) is 0 Å².